The van der Waals surface area contributed by atoms with Gasteiger partial charge in [0.1, 0.15) is 5.75 Å². The average molecular weight is 317 g/mol. The van der Waals surface area contributed by atoms with Gasteiger partial charge in [0.15, 0.2) is 0 Å². The van der Waals surface area contributed by atoms with Gasteiger partial charge in [-0.2, -0.15) is 0 Å². The maximum absolute atomic E-state index is 10.7. The predicted octanol–water partition coefficient (Wildman–Crippen LogP) is 3.39. The van der Waals surface area contributed by atoms with Crippen LogP contribution in [0.15, 0.2) is 72.8 Å². The molecule has 23 heavy (non-hydrogen) atoms. The molecule has 0 aliphatic carbocycles. The lowest BCUT2D eigenvalue weighted by atomic mass is 10.1. The Balaban J connectivity index is 0.00000192. The maximum atomic E-state index is 10.7. The van der Waals surface area contributed by atoms with E-state index in [1.54, 1.807) is 0 Å². The molecule has 0 atom stereocenters. The Morgan fingerprint density at radius 3 is 1.65 bits per heavy atom. The molecule has 0 heterocycles. The number of phenols is 1. The molecule has 3 rings (SSSR count). The van der Waals surface area contributed by atoms with Crippen molar-refractivity contribution in [2.24, 2.45) is 0 Å². The summed E-state index contributed by atoms with van der Waals surface area (Å²) in [5.41, 5.74) is 2.09. The monoisotopic (exact) mass is 317 g/mol. The molecule has 0 aliphatic heterocycles. The van der Waals surface area contributed by atoms with E-state index in [1.165, 1.54) is 10.6 Å². The van der Waals surface area contributed by atoms with Crippen LogP contribution in [-0.4, -0.2) is 13.5 Å². The van der Waals surface area contributed by atoms with Crippen LogP contribution in [0.25, 0.3) is 0 Å². The molecule has 0 bridgehead atoms. The van der Waals surface area contributed by atoms with Crippen molar-refractivity contribution >= 4 is 32.2 Å². The molecular weight excluding hydrogens is 298 g/mol. The molecule has 113 valence electrons. The molecule has 0 amide bonds. The van der Waals surface area contributed by atoms with Gasteiger partial charge in [-0.05, 0) is 49.6 Å². The van der Waals surface area contributed by atoms with Crippen LogP contribution in [0.4, 0.5) is 0 Å². The molecule has 1 N–H and O–H groups in total. The highest BCUT2D eigenvalue weighted by molar-refractivity contribution is 7.80. The van der Waals surface area contributed by atoms with Crippen LogP contribution in [0.5, 0.6) is 5.75 Å². The fourth-order valence-corrected chi connectivity index (χ4v) is 4.95. The van der Waals surface area contributed by atoms with Crippen LogP contribution in [0.3, 0.4) is 0 Å². The topological polar surface area (TPSA) is 20.2 Å². The van der Waals surface area contributed by atoms with Crippen molar-refractivity contribution in [2.75, 3.05) is 0 Å². The minimum absolute atomic E-state index is 0. The van der Waals surface area contributed by atoms with Crippen LogP contribution in [0.1, 0.15) is 11.1 Å². The van der Waals surface area contributed by atoms with E-state index in [0.29, 0.717) is 5.75 Å². The third-order valence-electron chi connectivity index (χ3n) is 3.95. The molecule has 0 fully saturated rings. The first kappa shape index (κ1) is 17.3. The van der Waals surface area contributed by atoms with Gasteiger partial charge in [-0.15, -0.1) is 0 Å². The van der Waals surface area contributed by atoms with Crippen molar-refractivity contribution in [2.45, 2.75) is 13.8 Å². The second kappa shape index (κ2) is 7.48. The van der Waals surface area contributed by atoms with Crippen molar-refractivity contribution in [1.82, 2.24) is 0 Å². The first-order valence-corrected chi connectivity index (χ1v) is 8.72. The second-order valence-electron chi connectivity index (χ2n) is 5.38. The van der Waals surface area contributed by atoms with Crippen LogP contribution >= 0.6 is 7.92 Å². The van der Waals surface area contributed by atoms with E-state index in [1.807, 2.05) is 26.0 Å². The number of hydrogen-bond acceptors (Lipinski definition) is 1. The molecule has 0 aliphatic rings. The Hall–Kier alpha value is -2.05. The summed E-state index contributed by atoms with van der Waals surface area (Å²) in [6, 6.07) is 25.1. The zero-order valence-electron chi connectivity index (χ0n) is 13.4. The minimum Gasteiger partial charge on any atom is -0.507 e. The van der Waals surface area contributed by atoms with E-state index in [-0.39, 0.29) is 8.41 Å². The Bertz CT molecular complexity index is 733. The van der Waals surface area contributed by atoms with Gasteiger partial charge in [0.05, 0.1) is 0 Å². The Labute approximate surface area is 141 Å². The van der Waals surface area contributed by atoms with Gasteiger partial charge in [0.25, 0.3) is 0 Å². The number of benzene rings is 3. The highest BCUT2D eigenvalue weighted by atomic mass is 31.1. The van der Waals surface area contributed by atoms with E-state index in [4.69, 9.17) is 0 Å². The fraction of sp³-hybridized carbons (Fsp3) is 0.100. The van der Waals surface area contributed by atoms with Gasteiger partial charge in [-0.25, -0.2) is 0 Å². The van der Waals surface area contributed by atoms with E-state index in [9.17, 15) is 5.11 Å². The lowest BCUT2D eigenvalue weighted by Gasteiger charge is -2.21. The molecule has 1 nitrogen and oxygen atoms in total. The zero-order valence-corrected chi connectivity index (χ0v) is 14.3. The highest BCUT2D eigenvalue weighted by Crippen LogP contribution is 2.37. The van der Waals surface area contributed by atoms with Crippen LogP contribution in [0, 0.1) is 13.8 Å². The second-order valence-corrected chi connectivity index (χ2v) is 7.57. The molecule has 0 saturated heterocycles. The molecule has 3 aromatic carbocycles. The predicted molar refractivity (Wildman–Crippen MR) is 102 cm³/mol. The number of aryl methyl sites for hydroxylation is 1. The van der Waals surface area contributed by atoms with Gasteiger partial charge in [0, 0.05) is 13.7 Å². The lowest BCUT2D eigenvalue weighted by molar-refractivity contribution is 0.475. The maximum Gasteiger partial charge on any atom is 0.127 e. The third kappa shape index (κ3) is 3.49. The largest absolute Gasteiger partial charge is 0.507 e. The summed E-state index contributed by atoms with van der Waals surface area (Å²) in [6.45, 7) is 4.02. The van der Waals surface area contributed by atoms with E-state index >= 15 is 0 Å². The van der Waals surface area contributed by atoms with Crippen molar-refractivity contribution in [3.8, 4) is 5.75 Å². The Kier molecular flexibility index (Phi) is 5.63. The normalized spacial score (nSPS) is 10.4. The molecule has 0 unspecified atom stereocenters. The van der Waals surface area contributed by atoms with Gasteiger partial charge >= 0.3 is 0 Å². The molecule has 3 heteroatoms. The first-order valence-electron chi connectivity index (χ1n) is 7.38. The van der Waals surface area contributed by atoms with Crippen molar-refractivity contribution in [3.63, 3.8) is 0 Å². The summed E-state index contributed by atoms with van der Waals surface area (Å²) in [7, 11) is -0.745. The highest BCUT2D eigenvalue weighted by Gasteiger charge is 2.20. The van der Waals surface area contributed by atoms with Crippen LogP contribution < -0.4 is 15.9 Å². The molecular formula is C20H19BOP. The van der Waals surface area contributed by atoms with Gasteiger partial charge in [-0.1, -0.05) is 66.7 Å². The number of rotatable bonds is 3. The number of hydrogen-bond donors (Lipinski definition) is 1. The van der Waals surface area contributed by atoms with Crippen LogP contribution in [-0.2, 0) is 0 Å². The summed E-state index contributed by atoms with van der Waals surface area (Å²) < 4.78 is 0. The quantitative estimate of drug-likeness (QED) is 0.580. The summed E-state index contributed by atoms with van der Waals surface area (Å²) in [6.07, 6.45) is 0. The molecule has 0 aromatic heterocycles. The van der Waals surface area contributed by atoms with Gasteiger partial charge in [-0.3, -0.25) is 0 Å². The van der Waals surface area contributed by atoms with Gasteiger partial charge < -0.3 is 5.11 Å². The van der Waals surface area contributed by atoms with Crippen molar-refractivity contribution in [1.29, 1.82) is 0 Å². The van der Waals surface area contributed by atoms with Crippen LogP contribution in [0.2, 0.25) is 0 Å². The summed E-state index contributed by atoms with van der Waals surface area (Å²) in [5, 5.41) is 14.2. The van der Waals surface area contributed by atoms with Gasteiger partial charge in [0.2, 0.25) is 0 Å². The summed E-state index contributed by atoms with van der Waals surface area (Å²) >= 11 is 0. The molecule has 3 aromatic rings. The number of phenolic OH excluding ortho intramolecular Hbond substituents is 1. The molecule has 0 spiro atoms. The fourth-order valence-electron chi connectivity index (χ4n) is 2.55. The van der Waals surface area contributed by atoms with Crippen molar-refractivity contribution in [3.05, 3.63) is 83.9 Å². The Morgan fingerprint density at radius 1 is 0.696 bits per heavy atom. The standard InChI is InChI=1S/C20H19OP.B/c1-15-13-14-19(20(21)16(15)2)22(17-9-5-3-6-10-17)18-11-7-4-8-12-18;/h3-14,21H,1-2H3;. The number of aromatic hydroxyl groups is 1. The average Bonchev–Trinajstić information content (AvgIpc) is 2.57. The zero-order chi connectivity index (χ0) is 15.5. The Morgan fingerprint density at radius 2 is 1.17 bits per heavy atom. The third-order valence-corrected chi connectivity index (χ3v) is 6.42. The minimum atomic E-state index is -0.745. The van der Waals surface area contributed by atoms with E-state index in [2.05, 4.69) is 60.7 Å². The first-order chi connectivity index (χ1) is 10.7. The van der Waals surface area contributed by atoms with E-state index < -0.39 is 7.92 Å². The van der Waals surface area contributed by atoms with E-state index in [0.717, 1.165) is 16.4 Å². The smallest absolute Gasteiger partial charge is 0.127 e. The lowest BCUT2D eigenvalue weighted by Crippen LogP contribution is -2.21. The SMILES string of the molecule is Cc1ccc(P(c2ccccc2)c2ccccc2)c(O)c1C.[B]. The molecule has 0 saturated carbocycles. The molecule has 3 radical (unpaired) electrons. The summed E-state index contributed by atoms with van der Waals surface area (Å²) in [4.78, 5) is 0. The van der Waals surface area contributed by atoms with Crippen molar-refractivity contribution < 1.29 is 5.11 Å². The summed E-state index contributed by atoms with van der Waals surface area (Å²) in [5.74, 6) is 0.429.